The lowest BCUT2D eigenvalue weighted by Gasteiger charge is -2.00. The lowest BCUT2D eigenvalue weighted by atomic mass is 10.1. The van der Waals surface area contributed by atoms with Crippen molar-refractivity contribution in [1.29, 1.82) is 0 Å². The Balaban J connectivity index is 4.20. The van der Waals surface area contributed by atoms with Crippen molar-refractivity contribution in [2.45, 2.75) is 59.8 Å². The molecule has 0 N–H and O–H groups in total. The number of carbonyl (C=O) groups excluding carboxylic acids is 3. The number of esters is 1. The molecule has 0 atom stereocenters. The van der Waals surface area contributed by atoms with Crippen LogP contribution in [-0.4, -0.2) is 24.6 Å². The van der Waals surface area contributed by atoms with Crippen molar-refractivity contribution in [2.75, 3.05) is 6.61 Å². The molecule has 0 aliphatic heterocycles. The molecule has 25 heavy (non-hydrogen) atoms. The van der Waals surface area contributed by atoms with Gasteiger partial charge in [0, 0.05) is 19.8 Å². The maximum atomic E-state index is 11.8. The monoisotopic (exact) mass is 346 g/mol. The Hall–Kier alpha value is -2.23. The van der Waals surface area contributed by atoms with E-state index in [1.54, 1.807) is 12.2 Å². The lowest BCUT2D eigenvalue weighted by Crippen LogP contribution is -2.02. The first kappa shape index (κ1) is 22.8. The van der Waals surface area contributed by atoms with Crippen LogP contribution in [0.25, 0.3) is 0 Å². The molecule has 0 amide bonds. The van der Waals surface area contributed by atoms with Gasteiger partial charge in [-0.15, -0.1) is 0 Å². The van der Waals surface area contributed by atoms with E-state index in [2.05, 4.69) is 32.9 Å². The molecule has 0 spiro atoms. The fourth-order valence-electron chi connectivity index (χ4n) is 2.01. The molecule has 0 saturated carbocycles. The Labute approximate surface area is 151 Å². The minimum Gasteiger partial charge on any atom is -0.466 e. The zero-order valence-electron chi connectivity index (χ0n) is 15.8. The van der Waals surface area contributed by atoms with Gasteiger partial charge in [-0.25, -0.2) is 0 Å². The van der Waals surface area contributed by atoms with Crippen molar-refractivity contribution in [3.63, 3.8) is 0 Å². The van der Waals surface area contributed by atoms with Gasteiger partial charge >= 0.3 is 5.97 Å². The Bertz CT molecular complexity index is 558. The van der Waals surface area contributed by atoms with Crippen LogP contribution in [-0.2, 0) is 19.1 Å². The van der Waals surface area contributed by atoms with Gasteiger partial charge in [-0.3, -0.25) is 14.4 Å². The summed E-state index contributed by atoms with van der Waals surface area (Å²) in [5.74, 6) is -0.352. The minimum atomic E-state index is -0.375. The maximum absolute atomic E-state index is 11.8. The number of aldehydes is 1. The van der Waals surface area contributed by atoms with Crippen LogP contribution in [0.5, 0.6) is 0 Å². The van der Waals surface area contributed by atoms with E-state index < -0.39 is 0 Å². The van der Waals surface area contributed by atoms with E-state index in [9.17, 15) is 14.4 Å². The molecule has 0 fully saturated rings. The molecule has 0 unspecified atom stereocenters. The molecule has 138 valence electrons. The van der Waals surface area contributed by atoms with Gasteiger partial charge < -0.3 is 4.74 Å². The molecule has 0 aromatic heterocycles. The summed E-state index contributed by atoms with van der Waals surface area (Å²) < 4.78 is 4.78. The van der Waals surface area contributed by atoms with Crippen molar-refractivity contribution < 1.29 is 19.1 Å². The molecule has 0 saturated heterocycles. The van der Waals surface area contributed by atoms with Gasteiger partial charge in [0.15, 0.2) is 5.78 Å². The summed E-state index contributed by atoms with van der Waals surface area (Å²) in [5, 5.41) is 0. The zero-order chi connectivity index (χ0) is 19.1. The summed E-state index contributed by atoms with van der Waals surface area (Å²) in [7, 11) is 0. The predicted molar refractivity (Wildman–Crippen MR) is 101 cm³/mol. The van der Waals surface area contributed by atoms with Crippen LogP contribution >= 0.6 is 0 Å². The highest BCUT2D eigenvalue weighted by Crippen LogP contribution is 2.09. The number of allylic oxidation sites excluding steroid dienone is 7. The van der Waals surface area contributed by atoms with Gasteiger partial charge in [0.1, 0.15) is 6.29 Å². The first-order valence-corrected chi connectivity index (χ1v) is 8.62. The number of hydrogen-bond donors (Lipinski definition) is 0. The molecule has 0 radical (unpaired) electrons. The number of ether oxygens (including phenoxy) is 1. The van der Waals surface area contributed by atoms with E-state index in [0.29, 0.717) is 24.7 Å². The van der Waals surface area contributed by atoms with Crippen LogP contribution in [0.3, 0.4) is 0 Å². The number of rotatable bonds is 12. The molecule has 0 aliphatic carbocycles. The third-order valence-corrected chi connectivity index (χ3v) is 3.41. The predicted octanol–water partition coefficient (Wildman–Crippen LogP) is 4.66. The smallest absolute Gasteiger partial charge is 0.302 e. The van der Waals surface area contributed by atoms with E-state index in [1.807, 2.05) is 0 Å². The van der Waals surface area contributed by atoms with E-state index in [-0.39, 0.29) is 18.4 Å². The average molecular weight is 346 g/mol. The van der Waals surface area contributed by atoms with Gasteiger partial charge in [0.2, 0.25) is 0 Å². The number of ketones is 1. The second-order valence-electron chi connectivity index (χ2n) is 6.18. The molecule has 4 heteroatoms. The molecule has 4 nitrogen and oxygen atoms in total. The quantitative estimate of drug-likeness (QED) is 0.169. The third-order valence-electron chi connectivity index (χ3n) is 3.41. The second kappa shape index (κ2) is 14.1. The van der Waals surface area contributed by atoms with Crippen molar-refractivity contribution >= 4 is 18.0 Å². The van der Waals surface area contributed by atoms with Crippen molar-refractivity contribution in [1.82, 2.24) is 0 Å². The highest BCUT2D eigenvalue weighted by molar-refractivity contribution is 5.90. The summed E-state index contributed by atoms with van der Waals surface area (Å²) in [6.07, 6.45) is 13.2. The molecule has 0 aliphatic rings. The molecule has 0 heterocycles. The van der Waals surface area contributed by atoms with Crippen LogP contribution in [0.4, 0.5) is 0 Å². The number of carbonyl (C=O) groups is 3. The van der Waals surface area contributed by atoms with Gasteiger partial charge in [-0.2, -0.15) is 0 Å². The maximum Gasteiger partial charge on any atom is 0.302 e. The highest BCUT2D eigenvalue weighted by atomic mass is 16.5. The third kappa shape index (κ3) is 15.1. The van der Waals surface area contributed by atoms with Gasteiger partial charge in [0.05, 0.1) is 6.61 Å². The Kier molecular flexibility index (Phi) is 12.9. The second-order valence-corrected chi connectivity index (χ2v) is 6.18. The van der Waals surface area contributed by atoms with Crippen LogP contribution in [0.2, 0.25) is 0 Å². The minimum absolute atomic E-state index is 0.0230. The first-order chi connectivity index (χ1) is 11.8. The van der Waals surface area contributed by atoms with Crippen molar-refractivity contribution in [3.8, 4) is 0 Å². The van der Waals surface area contributed by atoms with Crippen LogP contribution < -0.4 is 0 Å². The van der Waals surface area contributed by atoms with Crippen LogP contribution in [0.1, 0.15) is 59.8 Å². The van der Waals surface area contributed by atoms with E-state index >= 15 is 0 Å². The van der Waals surface area contributed by atoms with Crippen molar-refractivity contribution in [3.05, 3.63) is 47.1 Å². The van der Waals surface area contributed by atoms with Crippen LogP contribution in [0, 0.1) is 0 Å². The fraction of sp³-hybridized carbons (Fsp3) is 0.476. The van der Waals surface area contributed by atoms with Gasteiger partial charge in [-0.05, 0) is 51.7 Å². The fourth-order valence-corrected chi connectivity index (χ4v) is 2.01. The number of hydrogen-bond acceptors (Lipinski definition) is 4. The van der Waals surface area contributed by atoms with Crippen molar-refractivity contribution in [2.24, 2.45) is 0 Å². The SMILES string of the molecule is CC(=O)OCCC(C=O)=CC=CC(=O)CCC=C(C)CCC=C(C)C. The molecule has 0 aromatic carbocycles. The molecule has 0 rings (SSSR count). The summed E-state index contributed by atoms with van der Waals surface area (Å²) in [4.78, 5) is 33.3. The summed E-state index contributed by atoms with van der Waals surface area (Å²) in [6, 6.07) is 0. The lowest BCUT2D eigenvalue weighted by molar-refractivity contribution is -0.141. The largest absolute Gasteiger partial charge is 0.466 e. The zero-order valence-corrected chi connectivity index (χ0v) is 15.8. The summed E-state index contributed by atoms with van der Waals surface area (Å²) in [6.45, 7) is 7.75. The van der Waals surface area contributed by atoms with E-state index in [0.717, 1.165) is 19.3 Å². The van der Waals surface area contributed by atoms with Crippen LogP contribution in [0.15, 0.2) is 47.1 Å². The Morgan fingerprint density at radius 3 is 2.20 bits per heavy atom. The van der Waals surface area contributed by atoms with E-state index in [4.69, 9.17) is 4.74 Å². The normalized spacial score (nSPS) is 12.2. The topological polar surface area (TPSA) is 60.4 Å². The highest BCUT2D eigenvalue weighted by Gasteiger charge is 1.98. The Morgan fingerprint density at radius 1 is 0.920 bits per heavy atom. The van der Waals surface area contributed by atoms with E-state index in [1.165, 1.54) is 24.1 Å². The standard InChI is InChI=1S/C21H30O4/c1-17(2)8-5-9-18(3)10-6-12-21(24)13-7-11-20(16-22)14-15-25-19(4)23/h7-8,10-11,13,16H,5-6,9,12,14-15H2,1-4H3. The molecule has 0 aromatic rings. The molecule has 0 bridgehead atoms. The molecular weight excluding hydrogens is 316 g/mol. The Morgan fingerprint density at radius 2 is 1.60 bits per heavy atom. The molecular formula is C21H30O4. The van der Waals surface area contributed by atoms with Gasteiger partial charge in [0.25, 0.3) is 0 Å². The average Bonchev–Trinajstić information content (AvgIpc) is 2.52. The van der Waals surface area contributed by atoms with Gasteiger partial charge in [-0.1, -0.05) is 35.5 Å². The first-order valence-electron chi connectivity index (χ1n) is 8.62. The summed E-state index contributed by atoms with van der Waals surface area (Å²) in [5.41, 5.74) is 3.10. The summed E-state index contributed by atoms with van der Waals surface area (Å²) >= 11 is 0.